The van der Waals surface area contributed by atoms with Gasteiger partial charge in [0, 0.05) is 58.4 Å². The molecule has 0 spiro atoms. The number of thiophene rings is 1. The van der Waals surface area contributed by atoms with Gasteiger partial charge in [-0.05, 0) is 65.1 Å². The molecule has 0 unspecified atom stereocenters. The average molecular weight is 746 g/mol. The summed E-state index contributed by atoms with van der Waals surface area (Å²) >= 11 is 1.81. The lowest BCUT2D eigenvalue weighted by molar-refractivity contribution is 0.276. The Morgan fingerprint density at radius 2 is 1.21 bits per heavy atom. The summed E-state index contributed by atoms with van der Waals surface area (Å²) in [5.41, 5.74) is 7.23. The van der Waals surface area contributed by atoms with Crippen LogP contribution < -0.4 is 5.46 Å². The van der Waals surface area contributed by atoms with Gasteiger partial charge in [-0.25, -0.2) is 15.0 Å². The molecule has 4 aromatic heterocycles. The Morgan fingerprint density at radius 3 is 2.09 bits per heavy atom. The number of rotatable bonds is 5. The number of benzene rings is 7. The number of phenols is 2. The lowest BCUT2D eigenvalue weighted by atomic mass is 9.87. The van der Waals surface area contributed by atoms with E-state index in [0.29, 0.717) is 39.4 Å². The molecular formula is C46H28BN3O5S. The largest absolute Gasteiger partial charge is 0.509 e. The number of phenolic OH excluding ortho intramolecular Hbond substituents is 1. The first-order chi connectivity index (χ1) is 27.4. The highest BCUT2D eigenvalue weighted by Gasteiger charge is 2.22. The van der Waals surface area contributed by atoms with Gasteiger partial charge in [0.2, 0.25) is 0 Å². The number of aromatic hydroxyl groups is 2. The molecule has 3 N–H and O–H groups in total. The van der Waals surface area contributed by atoms with Crippen LogP contribution >= 0.6 is 11.3 Å². The third kappa shape index (κ3) is 4.86. The van der Waals surface area contributed by atoms with Crippen molar-refractivity contribution in [1.82, 2.24) is 15.0 Å². The Kier molecular flexibility index (Phi) is 7.10. The van der Waals surface area contributed by atoms with Gasteiger partial charge in [0.15, 0.2) is 17.5 Å². The van der Waals surface area contributed by atoms with Gasteiger partial charge in [0.1, 0.15) is 41.7 Å². The van der Waals surface area contributed by atoms with E-state index in [1.165, 1.54) is 31.8 Å². The van der Waals surface area contributed by atoms with Gasteiger partial charge in [-0.15, -0.1) is 11.3 Å². The summed E-state index contributed by atoms with van der Waals surface area (Å²) < 4.78 is 15.2. The second kappa shape index (κ2) is 12.3. The first-order valence-electron chi connectivity index (χ1n) is 18.1. The highest BCUT2D eigenvalue weighted by molar-refractivity contribution is 7.26. The average Bonchev–Trinajstić information content (AvgIpc) is 3.93. The maximum atomic E-state index is 11.4. The van der Waals surface area contributed by atoms with Crippen molar-refractivity contribution in [2.45, 2.75) is 6.61 Å². The van der Waals surface area contributed by atoms with Gasteiger partial charge < -0.3 is 24.2 Å². The molecule has 11 rings (SSSR count). The van der Waals surface area contributed by atoms with Gasteiger partial charge in [-0.2, -0.15) is 0 Å². The van der Waals surface area contributed by atoms with E-state index in [2.05, 4.69) is 54.6 Å². The summed E-state index contributed by atoms with van der Waals surface area (Å²) in [6.07, 6.45) is 0. The zero-order valence-electron chi connectivity index (χ0n) is 29.7. The number of hydrogen-bond acceptors (Lipinski definition) is 9. The highest BCUT2D eigenvalue weighted by atomic mass is 32.1. The number of furan rings is 2. The molecule has 11 aromatic rings. The van der Waals surface area contributed by atoms with Crippen LogP contribution in [0.2, 0.25) is 0 Å². The molecule has 0 aliphatic carbocycles. The van der Waals surface area contributed by atoms with Crippen LogP contribution in [0.1, 0.15) is 5.56 Å². The van der Waals surface area contributed by atoms with E-state index >= 15 is 0 Å². The van der Waals surface area contributed by atoms with Crippen LogP contribution in [0.15, 0.2) is 136 Å². The van der Waals surface area contributed by atoms with Crippen LogP contribution in [0.5, 0.6) is 11.5 Å². The Bertz CT molecular complexity index is 3420. The number of hydrogen-bond donors (Lipinski definition) is 3. The molecule has 0 aliphatic heterocycles. The number of aliphatic hydroxyl groups is 1. The van der Waals surface area contributed by atoms with Crippen molar-refractivity contribution in [1.29, 1.82) is 0 Å². The van der Waals surface area contributed by atoms with Gasteiger partial charge in [-0.1, -0.05) is 78.9 Å². The molecule has 0 fully saturated rings. The fraction of sp³-hybridized carbons (Fsp3) is 0.0217. The van der Waals surface area contributed by atoms with E-state index in [9.17, 15) is 15.3 Å². The standard InChI is InChI=1S/C46H28BN3O5S/c47-41-33(22-51)42(53)32(21-34(41)52)46-49-44(48-45(50-46)30-11-6-13-37-40(30)29-8-1-3-12-35(29)54-37)24-15-17-26-31-19-23(16-18-36(31)55-38(26)20-24)25-9-5-10-28-27-7-2-4-14-39(27)56-43(25)28/h1-21,51-53H,22,47H2. The van der Waals surface area contributed by atoms with E-state index in [0.717, 1.165) is 38.3 Å². The summed E-state index contributed by atoms with van der Waals surface area (Å²) in [6, 6.07) is 42.2. The minimum Gasteiger partial charge on any atom is -0.509 e. The molecule has 0 aliphatic rings. The first kappa shape index (κ1) is 32.4. The molecule has 266 valence electrons. The SMILES string of the molecule is Bc1c(O)cc(-c2nc(-c3ccc4c(c3)oc3ccc(-c5cccc6c5sc5ccccc56)cc34)nc(-c3cccc4oc5ccccc5c34)n2)c(O)c1CO. The summed E-state index contributed by atoms with van der Waals surface area (Å²) in [7, 11) is 1.63. The lowest BCUT2D eigenvalue weighted by Crippen LogP contribution is -2.12. The van der Waals surface area contributed by atoms with Crippen molar-refractivity contribution >= 4 is 88.7 Å². The number of aromatic nitrogens is 3. The number of aliphatic hydroxyl groups excluding tert-OH is 1. The molecule has 0 saturated heterocycles. The van der Waals surface area contributed by atoms with E-state index < -0.39 is 6.61 Å². The minimum atomic E-state index is -0.478. The third-order valence-electron chi connectivity index (χ3n) is 10.8. The Labute approximate surface area is 323 Å². The molecule has 10 heteroatoms. The molecule has 0 atom stereocenters. The summed E-state index contributed by atoms with van der Waals surface area (Å²) in [5.74, 6) is 0.492. The van der Waals surface area contributed by atoms with Crippen molar-refractivity contribution in [2.24, 2.45) is 0 Å². The monoisotopic (exact) mass is 745 g/mol. The van der Waals surface area contributed by atoms with Crippen LogP contribution in [0, 0.1) is 0 Å². The smallest absolute Gasteiger partial charge is 0.167 e. The van der Waals surface area contributed by atoms with Crippen LogP contribution in [-0.2, 0) is 6.61 Å². The third-order valence-corrected chi connectivity index (χ3v) is 12.0. The number of fused-ring (bicyclic) bond motifs is 9. The van der Waals surface area contributed by atoms with E-state index in [1.54, 1.807) is 7.85 Å². The number of nitrogens with zero attached hydrogens (tertiary/aromatic N) is 3. The van der Waals surface area contributed by atoms with Crippen LogP contribution in [0.25, 0.3) is 109 Å². The number of para-hydroxylation sites is 1. The molecule has 0 bridgehead atoms. The van der Waals surface area contributed by atoms with E-state index in [1.807, 2.05) is 78.1 Å². The minimum absolute atomic E-state index is 0.0973. The van der Waals surface area contributed by atoms with Crippen LogP contribution in [-0.4, -0.2) is 38.1 Å². The summed E-state index contributed by atoms with van der Waals surface area (Å²) in [6.45, 7) is -0.478. The molecular weight excluding hydrogens is 717 g/mol. The van der Waals surface area contributed by atoms with Gasteiger partial charge >= 0.3 is 0 Å². The Hall–Kier alpha value is -7.01. The zero-order chi connectivity index (χ0) is 37.7. The van der Waals surface area contributed by atoms with E-state index in [4.69, 9.17) is 23.8 Å². The van der Waals surface area contributed by atoms with Gasteiger partial charge in [0.05, 0.1) is 12.2 Å². The molecule has 8 nitrogen and oxygen atoms in total. The zero-order valence-corrected chi connectivity index (χ0v) is 30.6. The molecule has 0 radical (unpaired) electrons. The lowest BCUT2D eigenvalue weighted by Gasteiger charge is -2.14. The second-order valence-corrected chi connectivity index (χ2v) is 15.0. The Balaban J connectivity index is 1.09. The maximum absolute atomic E-state index is 11.4. The molecule has 0 saturated carbocycles. The quantitative estimate of drug-likeness (QED) is 0.117. The molecule has 0 amide bonds. The van der Waals surface area contributed by atoms with E-state index in [-0.39, 0.29) is 28.5 Å². The van der Waals surface area contributed by atoms with Crippen molar-refractivity contribution < 1.29 is 24.2 Å². The highest BCUT2D eigenvalue weighted by Crippen LogP contribution is 2.43. The van der Waals surface area contributed by atoms with Crippen molar-refractivity contribution in [3.8, 4) is 56.8 Å². The summed E-state index contributed by atoms with van der Waals surface area (Å²) in [4.78, 5) is 14.7. The fourth-order valence-corrected chi connectivity index (χ4v) is 9.18. The first-order valence-corrected chi connectivity index (χ1v) is 18.9. The van der Waals surface area contributed by atoms with Crippen molar-refractivity contribution in [3.05, 3.63) is 133 Å². The summed E-state index contributed by atoms with van der Waals surface area (Å²) in [5, 5.41) is 38.6. The van der Waals surface area contributed by atoms with Crippen molar-refractivity contribution in [3.63, 3.8) is 0 Å². The van der Waals surface area contributed by atoms with Gasteiger partial charge in [0.25, 0.3) is 0 Å². The van der Waals surface area contributed by atoms with Gasteiger partial charge in [-0.3, -0.25) is 0 Å². The molecule has 56 heavy (non-hydrogen) atoms. The predicted molar refractivity (Wildman–Crippen MR) is 226 cm³/mol. The van der Waals surface area contributed by atoms with Crippen molar-refractivity contribution in [2.75, 3.05) is 0 Å². The predicted octanol–water partition coefficient (Wildman–Crippen LogP) is 9.87. The maximum Gasteiger partial charge on any atom is 0.167 e. The topological polar surface area (TPSA) is 126 Å². The fourth-order valence-electron chi connectivity index (χ4n) is 7.94. The second-order valence-electron chi connectivity index (χ2n) is 13.9. The Morgan fingerprint density at radius 1 is 0.536 bits per heavy atom. The molecule has 4 heterocycles. The van der Waals surface area contributed by atoms with Crippen LogP contribution in [0.3, 0.4) is 0 Å². The van der Waals surface area contributed by atoms with Crippen LogP contribution in [0.4, 0.5) is 0 Å². The normalized spacial score (nSPS) is 11.9. The molecule has 7 aromatic carbocycles.